The highest BCUT2D eigenvalue weighted by Crippen LogP contribution is 2.16. The van der Waals surface area contributed by atoms with Crippen molar-refractivity contribution in [2.45, 2.75) is 206 Å². The van der Waals surface area contributed by atoms with E-state index in [9.17, 15) is 14.7 Å². The van der Waals surface area contributed by atoms with Crippen LogP contribution >= 0.6 is 0 Å². The molecular formula is C44H76O4. The number of aliphatic carboxylic acids is 1. The molecule has 4 nitrogen and oxygen atoms in total. The summed E-state index contributed by atoms with van der Waals surface area (Å²) < 4.78 is 5.31. The van der Waals surface area contributed by atoms with Gasteiger partial charge in [0.05, 0.1) is 0 Å². The van der Waals surface area contributed by atoms with Crippen LogP contribution in [0.3, 0.4) is 0 Å². The van der Waals surface area contributed by atoms with E-state index in [1.54, 1.807) is 0 Å². The average Bonchev–Trinajstić information content (AvgIpc) is 3.08. The van der Waals surface area contributed by atoms with Crippen LogP contribution in [-0.2, 0) is 14.3 Å². The largest absolute Gasteiger partial charge is 0.479 e. The molecule has 0 spiro atoms. The average molecular weight is 669 g/mol. The van der Waals surface area contributed by atoms with Crippen molar-refractivity contribution in [1.29, 1.82) is 0 Å². The van der Waals surface area contributed by atoms with Crippen LogP contribution < -0.4 is 0 Å². The molecule has 1 atom stereocenters. The van der Waals surface area contributed by atoms with Gasteiger partial charge in [0, 0.05) is 6.42 Å². The van der Waals surface area contributed by atoms with E-state index in [-0.39, 0.29) is 5.97 Å². The van der Waals surface area contributed by atoms with E-state index in [1.807, 2.05) is 0 Å². The van der Waals surface area contributed by atoms with E-state index in [2.05, 4.69) is 74.6 Å². The zero-order chi connectivity index (χ0) is 35.0. The van der Waals surface area contributed by atoms with E-state index >= 15 is 0 Å². The van der Waals surface area contributed by atoms with Crippen molar-refractivity contribution in [3.8, 4) is 0 Å². The summed E-state index contributed by atoms with van der Waals surface area (Å²) in [4.78, 5) is 23.8. The summed E-state index contributed by atoms with van der Waals surface area (Å²) in [5.41, 5.74) is 0. The van der Waals surface area contributed by atoms with Crippen molar-refractivity contribution in [3.63, 3.8) is 0 Å². The summed E-state index contributed by atoms with van der Waals surface area (Å²) >= 11 is 0. The summed E-state index contributed by atoms with van der Waals surface area (Å²) in [7, 11) is 0. The van der Waals surface area contributed by atoms with Gasteiger partial charge in [-0.3, -0.25) is 4.79 Å². The van der Waals surface area contributed by atoms with Gasteiger partial charge in [-0.05, 0) is 64.2 Å². The number of hydrogen-bond acceptors (Lipinski definition) is 3. The number of carbonyl (C=O) groups is 2. The predicted octanol–water partition coefficient (Wildman–Crippen LogP) is 14.1. The smallest absolute Gasteiger partial charge is 0.345 e. The normalized spacial score (nSPS) is 12.9. The van der Waals surface area contributed by atoms with Gasteiger partial charge in [0.1, 0.15) is 0 Å². The molecule has 0 aliphatic heterocycles. The quantitative estimate of drug-likeness (QED) is 0.0410. The molecule has 0 aliphatic rings. The minimum absolute atomic E-state index is 0.300. The molecule has 0 aromatic rings. The van der Waals surface area contributed by atoms with Crippen LogP contribution in [0.4, 0.5) is 0 Å². The van der Waals surface area contributed by atoms with E-state index in [1.165, 1.54) is 96.3 Å². The van der Waals surface area contributed by atoms with Crippen LogP contribution in [0.1, 0.15) is 200 Å². The third-order valence-electron chi connectivity index (χ3n) is 8.78. The summed E-state index contributed by atoms with van der Waals surface area (Å²) in [5.74, 6) is -1.39. The maximum atomic E-state index is 12.2. The topological polar surface area (TPSA) is 63.6 Å². The molecule has 276 valence electrons. The highest BCUT2D eigenvalue weighted by atomic mass is 16.6. The second-order valence-corrected chi connectivity index (χ2v) is 13.4. The van der Waals surface area contributed by atoms with Gasteiger partial charge in [-0.2, -0.15) is 0 Å². The minimum atomic E-state index is -1.02. The molecule has 0 aliphatic carbocycles. The van der Waals surface area contributed by atoms with Gasteiger partial charge in [-0.15, -0.1) is 0 Å². The molecule has 0 bridgehead atoms. The molecule has 4 heteroatoms. The fourth-order valence-electron chi connectivity index (χ4n) is 5.76. The Bertz CT molecular complexity index is 850. The molecule has 0 saturated heterocycles. The fraction of sp³-hybridized carbons (Fsp3) is 0.727. The summed E-state index contributed by atoms with van der Waals surface area (Å²) in [6, 6.07) is 0. The van der Waals surface area contributed by atoms with E-state index < -0.39 is 12.1 Å². The summed E-state index contributed by atoms with van der Waals surface area (Å²) in [6.07, 6.45) is 54.0. The van der Waals surface area contributed by atoms with Crippen molar-refractivity contribution in [2.75, 3.05) is 0 Å². The van der Waals surface area contributed by atoms with Gasteiger partial charge in [0.15, 0.2) is 6.10 Å². The van der Waals surface area contributed by atoms with Crippen molar-refractivity contribution in [2.24, 2.45) is 0 Å². The maximum Gasteiger partial charge on any atom is 0.345 e. The fourth-order valence-corrected chi connectivity index (χ4v) is 5.76. The van der Waals surface area contributed by atoms with E-state index in [4.69, 9.17) is 4.74 Å². The monoisotopic (exact) mass is 669 g/mol. The van der Waals surface area contributed by atoms with Crippen LogP contribution in [0, 0.1) is 0 Å². The van der Waals surface area contributed by atoms with Crippen molar-refractivity contribution < 1.29 is 19.4 Å². The number of carbonyl (C=O) groups excluding carboxylic acids is 1. The molecule has 0 rings (SSSR count). The molecule has 0 fully saturated rings. The second kappa shape index (κ2) is 39.1. The number of ether oxygens (including phenoxy) is 1. The Morgan fingerprint density at radius 3 is 1.27 bits per heavy atom. The first-order valence-electron chi connectivity index (χ1n) is 20.3. The first kappa shape index (κ1) is 45.6. The summed E-state index contributed by atoms with van der Waals surface area (Å²) in [5, 5.41) is 9.50. The Hall–Kier alpha value is -2.36. The molecule has 1 N–H and O–H groups in total. The number of unbranched alkanes of at least 4 members (excludes halogenated alkanes) is 20. The van der Waals surface area contributed by atoms with Gasteiger partial charge >= 0.3 is 11.9 Å². The molecule has 0 saturated carbocycles. The second-order valence-electron chi connectivity index (χ2n) is 13.4. The van der Waals surface area contributed by atoms with E-state index in [0.29, 0.717) is 12.8 Å². The number of carboxylic acids is 1. The number of allylic oxidation sites excluding steroid dienone is 10. The number of esters is 1. The molecule has 0 heterocycles. The lowest BCUT2D eigenvalue weighted by atomic mass is 10.0. The standard InChI is InChI=1S/C44H76O4/c1-3-5-7-9-11-13-15-17-19-21-23-25-27-29-31-33-35-37-39-41-43(45)48-42(44(46)47)40-38-36-34-32-30-28-26-24-22-20-18-16-14-12-10-8-6-4-2/h5,7,11,13,17,19,23,25,29,31,42H,3-4,6,8-10,12,14-16,18,20-22,24,26-28,30,32-41H2,1-2H3,(H,46,47)/b7-5-,13-11-,19-17-,25-23-,31-29-. The zero-order valence-electron chi connectivity index (χ0n) is 31.5. The molecule has 0 aromatic heterocycles. The first-order chi connectivity index (χ1) is 23.6. The molecular weight excluding hydrogens is 592 g/mol. The molecule has 0 radical (unpaired) electrons. The zero-order valence-corrected chi connectivity index (χ0v) is 31.5. The third kappa shape index (κ3) is 36.5. The van der Waals surface area contributed by atoms with Crippen LogP contribution in [0.15, 0.2) is 60.8 Å². The highest BCUT2D eigenvalue weighted by molar-refractivity contribution is 5.77. The van der Waals surface area contributed by atoms with Gasteiger partial charge in [-0.25, -0.2) is 4.79 Å². The van der Waals surface area contributed by atoms with Crippen LogP contribution in [0.5, 0.6) is 0 Å². The lowest BCUT2D eigenvalue weighted by Gasteiger charge is -2.13. The Morgan fingerprint density at radius 2 is 0.854 bits per heavy atom. The molecule has 48 heavy (non-hydrogen) atoms. The Labute approximate surface area is 297 Å². The van der Waals surface area contributed by atoms with Crippen molar-refractivity contribution in [3.05, 3.63) is 60.8 Å². The lowest BCUT2D eigenvalue weighted by molar-refractivity contribution is -0.164. The van der Waals surface area contributed by atoms with Crippen LogP contribution in [0.25, 0.3) is 0 Å². The molecule has 0 amide bonds. The van der Waals surface area contributed by atoms with Crippen LogP contribution in [0.2, 0.25) is 0 Å². The van der Waals surface area contributed by atoms with Gasteiger partial charge in [-0.1, -0.05) is 190 Å². The Morgan fingerprint density at radius 1 is 0.479 bits per heavy atom. The van der Waals surface area contributed by atoms with E-state index in [0.717, 1.165) is 77.0 Å². The van der Waals surface area contributed by atoms with Gasteiger partial charge in [0.25, 0.3) is 0 Å². The van der Waals surface area contributed by atoms with Crippen molar-refractivity contribution >= 4 is 11.9 Å². The predicted molar refractivity (Wildman–Crippen MR) is 208 cm³/mol. The minimum Gasteiger partial charge on any atom is -0.479 e. The highest BCUT2D eigenvalue weighted by Gasteiger charge is 2.21. The lowest BCUT2D eigenvalue weighted by Crippen LogP contribution is -2.27. The first-order valence-corrected chi connectivity index (χ1v) is 20.3. The van der Waals surface area contributed by atoms with Crippen LogP contribution in [-0.4, -0.2) is 23.1 Å². The Balaban J connectivity index is 3.63. The number of carboxylic acid groups (broad SMARTS) is 1. The van der Waals surface area contributed by atoms with Gasteiger partial charge < -0.3 is 9.84 Å². The van der Waals surface area contributed by atoms with Gasteiger partial charge in [0.2, 0.25) is 0 Å². The number of hydrogen-bond donors (Lipinski definition) is 1. The molecule has 1 unspecified atom stereocenters. The molecule has 0 aromatic carbocycles. The maximum absolute atomic E-state index is 12.2. The Kier molecular flexibility index (Phi) is 37.2. The third-order valence-corrected chi connectivity index (χ3v) is 8.78. The van der Waals surface area contributed by atoms with Crippen molar-refractivity contribution in [1.82, 2.24) is 0 Å². The number of rotatable bonds is 36. The SMILES string of the molecule is CC/C=C\C/C=C\C/C=C\C/C=C\C/C=C\CCCCCC(=O)OC(CCCCCCCCCCCCCCCCCCCC)C(=O)O. The summed E-state index contributed by atoms with van der Waals surface area (Å²) in [6.45, 7) is 4.43.